The standard InChI is InChI=1S/C9H14F3N3/c1-2-15-7-8(6-14-15)5-13-4-3-9(10,11)12/h6-7,13H,2-5H2,1H3. The van der Waals surface area contributed by atoms with Gasteiger partial charge < -0.3 is 5.32 Å². The zero-order chi connectivity index (χ0) is 11.3. The summed E-state index contributed by atoms with van der Waals surface area (Å²) in [5.41, 5.74) is 0.902. The molecule has 1 aromatic rings. The molecule has 0 spiro atoms. The van der Waals surface area contributed by atoms with E-state index in [1.54, 1.807) is 10.9 Å². The Labute approximate surface area is 86.3 Å². The minimum atomic E-state index is -4.08. The van der Waals surface area contributed by atoms with Crippen molar-refractivity contribution in [1.82, 2.24) is 15.1 Å². The van der Waals surface area contributed by atoms with E-state index in [9.17, 15) is 13.2 Å². The van der Waals surface area contributed by atoms with Crippen LogP contribution < -0.4 is 5.32 Å². The SMILES string of the molecule is CCn1cc(CNCCC(F)(F)F)cn1. The first-order valence-corrected chi connectivity index (χ1v) is 4.80. The van der Waals surface area contributed by atoms with E-state index in [0.717, 1.165) is 12.1 Å². The maximum absolute atomic E-state index is 11.8. The highest BCUT2D eigenvalue weighted by Crippen LogP contribution is 2.18. The van der Waals surface area contributed by atoms with Crippen LogP contribution in [0.15, 0.2) is 12.4 Å². The summed E-state index contributed by atoms with van der Waals surface area (Å²) in [6.07, 6.45) is -1.40. The third-order valence-corrected chi connectivity index (χ3v) is 1.93. The van der Waals surface area contributed by atoms with Crippen molar-refractivity contribution in [2.45, 2.75) is 32.6 Å². The van der Waals surface area contributed by atoms with Crippen LogP contribution >= 0.6 is 0 Å². The van der Waals surface area contributed by atoms with Gasteiger partial charge in [0.2, 0.25) is 0 Å². The summed E-state index contributed by atoms with van der Waals surface area (Å²) in [4.78, 5) is 0. The molecule has 1 heterocycles. The van der Waals surface area contributed by atoms with Crippen molar-refractivity contribution < 1.29 is 13.2 Å². The number of halogens is 3. The summed E-state index contributed by atoms with van der Waals surface area (Å²) >= 11 is 0. The van der Waals surface area contributed by atoms with Gasteiger partial charge in [0.1, 0.15) is 0 Å². The average molecular weight is 221 g/mol. The molecule has 0 radical (unpaired) electrons. The van der Waals surface area contributed by atoms with E-state index >= 15 is 0 Å². The predicted octanol–water partition coefficient (Wildman–Crippen LogP) is 1.94. The van der Waals surface area contributed by atoms with E-state index in [-0.39, 0.29) is 6.54 Å². The number of aryl methyl sites for hydroxylation is 1. The van der Waals surface area contributed by atoms with Gasteiger partial charge in [0.25, 0.3) is 0 Å². The number of nitrogens with zero attached hydrogens (tertiary/aromatic N) is 2. The fraction of sp³-hybridized carbons (Fsp3) is 0.667. The van der Waals surface area contributed by atoms with Crippen LogP contribution in [-0.4, -0.2) is 22.5 Å². The Hall–Kier alpha value is -1.04. The molecule has 0 bridgehead atoms. The van der Waals surface area contributed by atoms with Crippen LogP contribution in [0.25, 0.3) is 0 Å². The largest absolute Gasteiger partial charge is 0.390 e. The van der Waals surface area contributed by atoms with E-state index in [1.165, 1.54) is 0 Å². The van der Waals surface area contributed by atoms with Crippen molar-refractivity contribution in [2.24, 2.45) is 0 Å². The van der Waals surface area contributed by atoms with Crippen molar-refractivity contribution in [1.29, 1.82) is 0 Å². The van der Waals surface area contributed by atoms with Gasteiger partial charge in [0.05, 0.1) is 12.6 Å². The topological polar surface area (TPSA) is 29.9 Å². The molecular formula is C9H14F3N3. The molecule has 0 amide bonds. The molecule has 0 saturated heterocycles. The van der Waals surface area contributed by atoms with Crippen LogP contribution in [0.2, 0.25) is 0 Å². The van der Waals surface area contributed by atoms with Crippen LogP contribution in [-0.2, 0) is 13.1 Å². The number of nitrogens with one attached hydrogen (secondary N) is 1. The molecule has 0 atom stereocenters. The molecule has 0 aliphatic heterocycles. The van der Waals surface area contributed by atoms with Gasteiger partial charge in [-0.15, -0.1) is 0 Å². The monoisotopic (exact) mass is 221 g/mol. The van der Waals surface area contributed by atoms with E-state index < -0.39 is 12.6 Å². The Morgan fingerprint density at radius 1 is 1.47 bits per heavy atom. The van der Waals surface area contributed by atoms with Gasteiger partial charge in [-0.3, -0.25) is 4.68 Å². The number of rotatable bonds is 5. The van der Waals surface area contributed by atoms with Crippen LogP contribution in [0.4, 0.5) is 13.2 Å². The molecule has 0 fully saturated rings. The quantitative estimate of drug-likeness (QED) is 0.770. The normalized spacial score (nSPS) is 12.0. The molecule has 86 valence electrons. The third-order valence-electron chi connectivity index (χ3n) is 1.93. The van der Waals surface area contributed by atoms with Crippen LogP contribution in [0.5, 0.6) is 0 Å². The molecule has 0 aliphatic rings. The highest BCUT2D eigenvalue weighted by Gasteiger charge is 2.25. The highest BCUT2D eigenvalue weighted by atomic mass is 19.4. The molecule has 1 aromatic heterocycles. The lowest BCUT2D eigenvalue weighted by atomic mass is 10.3. The minimum Gasteiger partial charge on any atom is -0.312 e. The third kappa shape index (κ3) is 4.83. The number of hydrogen-bond donors (Lipinski definition) is 1. The van der Waals surface area contributed by atoms with Gasteiger partial charge in [-0.25, -0.2) is 0 Å². The zero-order valence-electron chi connectivity index (χ0n) is 8.51. The lowest BCUT2D eigenvalue weighted by Gasteiger charge is -2.06. The van der Waals surface area contributed by atoms with Gasteiger partial charge >= 0.3 is 6.18 Å². The maximum Gasteiger partial charge on any atom is 0.390 e. The molecule has 1 rings (SSSR count). The molecule has 1 N–H and O–H groups in total. The van der Waals surface area contributed by atoms with Gasteiger partial charge in [0, 0.05) is 31.4 Å². The number of alkyl halides is 3. The Morgan fingerprint density at radius 3 is 2.73 bits per heavy atom. The molecule has 0 aliphatic carbocycles. The fourth-order valence-electron chi connectivity index (χ4n) is 1.13. The zero-order valence-corrected chi connectivity index (χ0v) is 8.51. The summed E-state index contributed by atoms with van der Waals surface area (Å²) in [6.45, 7) is 3.09. The summed E-state index contributed by atoms with van der Waals surface area (Å²) in [6, 6.07) is 0. The van der Waals surface area contributed by atoms with Crippen molar-refractivity contribution >= 4 is 0 Å². The van der Waals surface area contributed by atoms with E-state index in [2.05, 4.69) is 10.4 Å². The first-order chi connectivity index (χ1) is 7.01. The lowest BCUT2D eigenvalue weighted by molar-refractivity contribution is -0.133. The Morgan fingerprint density at radius 2 is 2.20 bits per heavy atom. The molecular weight excluding hydrogens is 207 g/mol. The van der Waals surface area contributed by atoms with Crippen LogP contribution in [0, 0.1) is 0 Å². The highest BCUT2D eigenvalue weighted by molar-refractivity contribution is 5.02. The van der Waals surface area contributed by atoms with E-state index in [1.807, 2.05) is 13.1 Å². The second-order valence-corrected chi connectivity index (χ2v) is 3.25. The number of aromatic nitrogens is 2. The van der Waals surface area contributed by atoms with Crippen molar-refractivity contribution in [3.63, 3.8) is 0 Å². The van der Waals surface area contributed by atoms with Gasteiger partial charge in [0.15, 0.2) is 0 Å². The Kier molecular flexibility index (Phi) is 4.14. The molecule has 0 saturated carbocycles. The van der Waals surface area contributed by atoms with Gasteiger partial charge in [-0.1, -0.05) is 0 Å². The maximum atomic E-state index is 11.8. The van der Waals surface area contributed by atoms with Gasteiger partial charge in [-0.2, -0.15) is 18.3 Å². The molecule has 0 aromatic carbocycles. The Bertz CT molecular complexity index is 293. The van der Waals surface area contributed by atoms with Crippen LogP contribution in [0.1, 0.15) is 18.9 Å². The minimum absolute atomic E-state index is 0.0548. The fourth-order valence-corrected chi connectivity index (χ4v) is 1.13. The molecule has 0 unspecified atom stereocenters. The number of hydrogen-bond acceptors (Lipinski definition) is 2. The smallest absolute Gasteiger partial charge is 0.312 e. The van der Waals surface area contributed by atoms with E-state index in [0.29, 0.717) is 6.54 Å². The lowest BCUT2D eigenvalue weighted by Crippen LogP contribution is -2.21. The van der Waals surface area contributed by atoms with Crippen molar-refractivity contribution in [2.75, 3.05) is 6.54 Å². The molecule has 3 nitrogen and oxygen atoms in total. The average Bonchev–Trinajstić information content (AvgIpc) is 2.59. The summed E-state index contributed by atoms with van der Waals surface area (Å²) in [5.74, 6) is 0. The van der Waals surface area contributed by atoms with E-state index in [4.69, 9.17) is 0 Å². The van der Waals surface area contributed by atoms with Crippen LogP contribution in [0.3, 0.4) is 0 Å². The van der Waals surface area contributed by atoms with Crippen molar-refractivity contribution in [3.8, 4) is 0 Å². The first kappa shape index (κ1) is 12.0. The van der Waals surface area contributed by atoms with Crippen molar-refractivity contribution in [3.05, 3.63) is 18.0 Å². The summed E-state index contributed by atoms with van der Waals surface area (Å²) < 4.78 is 37.1. The molecule has 15 heavy (non-hydrogen) atoms. The molecule has 6 heteroatoms. The Balaban J connectivity index is 2.20. The second kappa shape index (κ2) is 5.16. The van der Waals surface area contributed by atoms with Gasteiger partial charge in [-0.05, 0) is 6.92 Å². The summed E-state index contributed by atoms with van der Waals surface area (Å²) in [7, 11) is 0. The summed E-state index contributed by atoms with van der Waals surface area (Å²) in [5, 5.41) is 6.74. The predicted molar refractivity (Wildman–Crippen MR) is 50.3 cm³/mol. The first-order valence-electron chi connectivity index (χ1n) is 4.80. The second-order valence-electron chi connectivity index (χ2n) is 3.25.